The van der Waals surface area contributed by atoms with Gasteiger partial charge in [0.05, 0.1) is 11.1 Å². The number of halogens is 1. The van der Waals surface area contributed by atoms with E-state index >= 15 is 0 Å². The van der Waals surface area contributed by atoms with E-state index < -0.39 is 0 Å². The number of nitrogens with zero attached hydrogens (tertiary/aromatic N) is 3. The van der Waals surface area contributed by atoms with Gasteiger partial charge in [-0.15, -0.1) is 10.2 Å². The molecule has 26 heavy (non-hydrogen) atoms. The quantitative estimate of drug-likeness (QED) is 0.502. The molecule has 1 N–H and O–H groups in total. The van der Waals surface area contributed by atoms with Gasteiger partial charge in [-0.2, -0.15) is 5.21 Å². The van der Waals surface area contributed by atoms with Crippen LogP contribution in [0.2, 0.25) is 0 Å². The first-order valence-corrected chi connectivity index (χ1v) is 9.20. The molecule has 0 aliphatic carbocycles. The fourth-order valence-corrected chi connectivity index (χ4v) is 3.41. The molecule has 0 amide bonds. The number of aromatic nitrogens is 4. The smallest absolute Gasteiger partial charge is 0.239 e. The molecule has 0 aliphatic heterocycles. The molecule has 2 aromatic heterocycles. The lowest BCUT2D eigenvalue weighted by Crippen LogP contribution is -1.95. The molecule has 0 saturated heterocycles. The number of furan rings is 1. The number of aryl methyl sites for hydroxylation is 2. The number of fused-ring (bicyclic) bond motifs is 1. The summed E-state index contributed by atoms with van der Waals surface area (Å²) < 4.78 is 12.4. The third kappa shape index (κ3) is 3.48. The number of hydrogen-bond donors (Lipinski definition) is 1. The molecule has 6 nitrogen and oxygen atoms in total. The summed E-state index contributed by atoms with van der Waals surface area (Å²) in [6.07, 6.45) is 1.86. The Kier molecular flexibility index (Phi) is 4.71. The van der Waals surface area contributed by atoms with Gasteiger partial charge in [-0.05, 0) is 76.3 Å². The van der Waals surface area contributed by atoms with Crippen LogP contribution in [0.15, 0.2) is 51.4 Å². The van der Waals surface area contributed by atoms with Gasteiger partial charge in [0.1, 0.15) is 11.3 Å². The molecule has 2 aromatic carbocycles. The lowest BCUT2D eigenvalue weighted by atomic mass is 10.0. The molecule has 0 bridgehead atoms. The Hall–Kier alpha value is -2.67. The molecule has 0 aliphatic rings. The van der Waals surface area contributed by atoms with Gasteiger partial charge in [0, 0.05) is 5.39 Å². The van der Waals surface area contributed by atoms with Crippen LogP contribution in [0.25, 0.3) is 22.6 Å². The van der Waals surface area contributed by atoms with E-state index in [0.717, 1.165) is 34.0 Å². The van der Waals surface area contributed by atoms with Crippen molar-refractivity contribution in [2.75, 3.05) is 6.61 Å². The molecule has 0 unspecified atom stereocenters. The van der Waals surface area contributed by atoms with Crippen molar-refractivity contribution in [2.45, 2.75) is 19.8 Å². The van der Waals surface area contributed by atoms with Crippen LogP contribution in [0.1, 0.15) is 18.1 Å². The Morgan fingerprint density at radius 1 is 1.08 bits per heavy atom. The Bertz CT molecular complexity index is 1030. The van der Waals surface area contributed by atoms with Gasteiger partial charge in [-0.3, -0.25) is 0 Å². The third-order valence-electron chi connectivity index (χ3n) is 4.15. The molecule has 2 heterocycles. The number of nitrogens with one attached hydrogen (secondary N) is 1. The van der Waals surface area contributed by atoms with Crippen molar-refractivity contribution >= 4 is 26.9 Å². The van der Waals surface area contributed by atoms with Gasteiger partial charge in [0.25, 0.3) is 0 Å². The summed E-state index contributed by atoms with van der Waals surface area (Å²) in [6.45, 7) is 2.64. The van der Waals surface area contributed by atoms with Crippen LogP contribution in [-0.4, -0.2) is 27.2 Å². The molecule has 7 heteroatoms. The monoisotopic (exact) mass is 412 g/mol. The highest BCUT2D eigenvalue weighted by molar-refractivity contribution is 9.10. The first-order valence-electron chi connectivity index (χ1n) is 8.40. The maximum absolute atomic E-state index is 5.86. The molecular formula is C19H17BrN4O2. The molecule has 0 saturated carbocycles. The van der Waals surface area contributed by atoms with Crippen LogP contribution in [-0.2, 0) is 12.8 Å². The second-order valence-electron chi connectivity index (χ2n) is 5.92. The summed E-state index contributed by atoms with van der Waals surface area (Å²) in [6, 6.07) is 14.4. The van der Waals surface area contributed by atoms with E-state index in [9.17, 15) is 0 Å². The molecule has 132 valence electrons. The largest absolute Gasteiger partial charge is 0.493 e. The van der Waals surface area contributed by atoms with Crippen LogP contribution in [0.5, 0.6) is 5.75 Å². The standard InChI is InChI=1S/C19H17BrN4O2/c1-2-25-16-8-6-12(9-15(16)20)3-4-13-5-7-14-11-18(26-17(14)10-13)19-21-23-24-22-19/h5-11H,2-4H2,1H3,(H,21,22,23,24). The number of benzene rings is 2. The Labute approximate surface area is 158 Å². The van der Waals surface area contributed by atoms with Gasteiger partial charge < -0.3 is 9.15 Å². The molecule has 0 radical (unpaired) electrons. The zero-order valence-corrected chi connectivity index (χ0v) is 15.8. The lowest BCUT2D eigenvalue weighted by molar-refractivity contribution is 0.338. The normalized spacial score (nSPS) is 11.2. The number of tetrazole rings is 1. The van der Waals surface area contributed by atoms with E-state index in [1.165, 1.54) is 11.1 Å². The highest BCUT2D eigenvalue weighted by Crippen LogP contribution is 2.28. The molecule has 0 atom stereocenters. The number of hydrogen-bond acceptors (Lipinski definition) is 5. The van der Waals surface area contributed by atoms with Gasteiger partial charge in [-0.25, -0.2) is 0 Å². The van der Waals surface area contributed by atoms with E-state index in [1.807, 2.05) is 19.1 Å². The van der Waals surface area contributed by atoms with Crippen LogP contribution < -0.4 is 4.74 Å². The van der Waals surface area contributed by atoms with Crippen LogP contribution in [0, 0.1) is 0 Å². The Balaban J connectivity index is 1.50. The average Bonchev–Trinajstić information content (AvgIpc) is 3.31. The SMILES string of the molecule is CCOc1ccc(CCc2ccc3cc(-c4nn[nH]n4)oc3c2)cc1Br. The van der Waals surface area contributed by atoms with Gasteiger partial charge in [-0.1, -0.05) is 18.2 Å². The van der Waals surface area contributed by atoms with Gasteiger partial charge in [0.2, 0.25) is 5.82 Å². The van der Waals surface area contributed by atoms with Gasteiger partial charge >= 0.3 is 0 Å². The number of rotatable bonds is 6. The summed E-state index contributed by atoms with van der Waals surface area (Å²) in [5, 5.41) is 14.9. The van der Waals surface area contributed by atoms with Crippen molar-refractivity contribution < 1.29 is 9.15 Å². The van der Waals surface area contributed by atoms with Crippen molar-refractivity contribution in [2.24, 2.45) is 0 Å². The topological polar surface area (TPSA) is 76.8 Å². The third-order valence-corrected chi connectivity index (χ3v) is 4.77. The van der Waals surface area contributed by atoms with Crippen LogP contribution in [0.4, 0.5) is 0 Å². The first-order chi connectivity index (χ1) is 12.7. The minimum absolute atomic E-state index is 0.460. The fourth-order valence-electron chi connectivity index (χ4n) is 2.87. The van der Waals surface area contributed by atoms with Crippen molar-refractivity contribution in [1.82, 2.24) is 20.6 Å². The second-order valence-corrected chi connectivity index (χ2v) is 6.77. The van der Waals surface area contributed by atoms with E-state index in [2.05, 4.69) is 66.9 Å². The highest BCUT2D eigenvalue weighted by atomic mass is 79.9. The zero-order valence-electron chi connectivity index (χ0n) is 14.2. The lowest BCUT2D eigenvalue weighted by Gasteiger charge is -2.08. The maximum Gasteiger partial charge on any atom is 0.239 e. The molecule has 4 aromatic rings. The second kappa shape index (κ2) is 7.29. The number of aromatic amines is 1. The van der Waals surface area contributed by atoms with Crippen molar-refractivity contribution in [1.29, 1.82) is 0 Å². The molecule has 0 fully saturated rings. The predicted octanol–water partition coefficient (Wildman–Crippen LogP) is 4.56. The maximum atomic E-state index is 5.86. The van der Waals surface area contributed by atoms with E-state index in [0.29, 0.717) is 18.2 Å². The zero-order chi connectivity index (χ0) is 17.9. The summed E-state index contributed by atoms with van der Waals surface area (Å²) in [4.78, 5) is 0. The van der Waals surface area contributed by atoms with E-state index in [-0.39, 0.29) is 0 Å². The van der Waals surface area contributed by atoms with Crippen molar-refractivity contribution in [3.8, 4) is 17.3 Å². The van der Waals surface area contributed by atoms with Crippen molar-refractivity contribution in [3.63, 3.8) is 0 Å². The predicted molar refractivity (Wildman–Crippen MR) is 102 cm³/mol. The number of ether oxygens (including phenoxy) is 1. The average molecular weight is 413 g/mol. The molecular weight excluding hydrogens is 396 g/mol. The van der Waals surface area contributed by atoms with Crippen LogP contribution >= 0.6 is 15.9 Å². The number of H-pyrrole nitrogens is 1. The summed E-state index contributed by atoms with van der Waals surface area (Å²) in [5.41, 5.74) is 3.30. The Morgan fingerprint density at radius 3 is 2.62 bits per heavy atom. The van der Waals surface area contributed by atoms with Crippen LogP contribution in [0.3, 0.4) is 0 Å². The fraction of sp³-hybridized carbons (Fsp3) is 0.211. The molecule has 4 rings (SSSR count). The summed E-state index contributed by atoms with van der Waals surface area (Å²) in [7, 11) is 0. The highest BCUT2D eigenvalue weighted by Gasteiger charge is 2.10. The molecule has 0 spiro atoms. The van der Waals surface area contributed by atoms with E-state index in [4.69, 9.17) is 9.15 Å². The summed E-state index contributed by atoms with van der Waals surface area (Å²) in [5.74, 6) is 1.95. The minimum Gasteiger partial charge on any atom is -0.493 e. The first kappa shape index (κ1) is 16.8. The summed E-state index contributed by atoms with van der Waals surface area (Å²) >= 11 is 3.57. The van der Waals surface area contributed by atoms with Crippen molar-refractivity contribution in [3.05, 3.63) is 58.1 Å². The van der Waals surface area contributed by atoms with Gasteiger partial charge in [0.15, 0.2) is 5.76 Å². The van der Waals surface area contributed by atoms with E-state index in [1.54, 1.807) is 0 Å². The minimum atomic E-state index is 0.460. The Morgan fingerprint density at radius 2 is 1.88 bits per heavy atom.